The van der Waals surface area contributed by atoms with Gasteiger partial charge in [-0.05, 0) is 6.07 Å². The topological polar surface area (TPSA) is 134 Å². The van der Waals surface area contributed by atoms with Gasteiger partial charge in [0.15, 0.2) is 5.69 Å². The van der Waals surface area contributed by atoms with Gasteiger partial charge in [-0.3, -0.25) is 4.79 Å². The molecule has 5 N–H and O–H groups in total. The lowest BCUT2D eigenvalue weighted by atomic mass is 10.0. The molecule has 2 atom stereocenters. The Bertz CT molecular complexity index is 434. The predicted molar refractivity (Wildman–Crippen MR) is 56.0 cm³/mol. The molecule has 1 aromatic heterocycles. The number of rotatable bonds is 5. The number of nitrogens with two attached hydrogens (primary N) is 1. The van der Waals surface area contributed by atoms with Crippen molar-refractivity contribution in [2.24, 2.45) is 5.73 Å². The Balaban J connectivity index is 2.99. The minimum Gasteiger partial charge on any atom is -0.477 e. The molecule has 0 saturated heterocycles. The van der Waals surface area contributed by atoms with Crippen molar-refractivity contribution < 1.29 is 24.9 Å². The van der Waals surface area contributed by atoms with Gasteiger partial charge in [0.05, 0.1) is 12.5 Å². The maximum absolute atomic E-state index is 10.8. The van der Waals surface area contributed by atoms with Crippen LogP contribution in [0.5, 0.6) is 0 Å². The molecule has 0 spiro atoms. The maximum atomic E-state index is 10.8. The lowest BCUT2D eigenvalue weighted by molar-refractivity contribution is -0.121. The predicted octanol–water partition coefficient (Wildman–Crippen LogP) is -0.951. The van der Waals surface area contributed by atoms with Crippen LogP contribution in [0.15, 0.2) is 18.3 Å². The minimum absolute atomic E-state index is 0.0613. The molecule has 0 aliphatic heterocycles. The fourth-order valence-corrected chi connectivity index (χ4v) is 1.36. The second kappa shape index (κ2) is 5.37. The smallest absolute Gasteiger partial charge is 0.354 e. The molecular weight excluding hydrogens is 228 g/mol. The zero-order chi connectivity index (χ0) is 13.0. The van der Waals surface area contributed by atoms with Crippen molar-refractivity contribution in [3.05, 3.63) is 29.6 Å². The van der Waals surface area contributed by atoms with Gasteiger partial charge in [-0.25, -0.2) is 9.78 Å². The van der Waals surface area contributed by atoms with E-state index in [4.69, 9.17) is 10.8 Å². The van der Waals surface area contributed by atoms with E-state index in [0.29, 0.717) is 0 Å². The quantitative estimate of drug-likeness (QED) is 0.524. The van der Waals surface area contributed by atoms with Crippen LogP contribution in [0.4, 0.5) is 0 Å². The molecule has 0 saturated carbocycles. The third-order valence-corrected chi connectivity index (χ3v) is 2.13. The van der Waals surface area contributed by atoms with Crippen molar-refractivity contribution in [2.45, 2.75) is 18.6 Å². The van der Waals surface area contributed by atoms with E-state index < -0.39 is 30.5 Å². The van der Waals surface area contributed by atoms with Crippen molar-refractivity contribution in [1.29, 1.82) is 0 Å². The van der Waals surface area contributed by atoms with Gasteiger partial charge >= 0.3 is 5.97 Å². The highest BCUT2D eigenvalue weighted by Gasteiger charge is 2.25. The molecule has 0 bridgehead atoms. The Hall–Kier alpha value is -1.99. The molecule has 7 nitrogen and oxygen atoms in total. The standard InChI is InChI=1S/C10H12N2O5/c11-7(14)4-6(13)9(15)5-2-1-3-12-8(5)10(16)17/h1-3,6,9,13,15H,4H2,(H2,11,14)(H,16,17). The summed E-state index contributed by atoms with van der Waals surface area (Å²) in [5.41, 5.74) is 4.43. The Morgan fingerprint density at radius 1 is 1.41 bits per heavy atom. The summed E-state index contributed by atoms with van der Waals surface area (Å²) in [6, 6.07) is 2.73. The van der Waals surface area contributed by atoms with Gasteiger partial charge in [0.2, 0.25) is 5.91 Å². The number of carbonyl (C=O) groups is 2. The fourth-order valence-electron chi connectivity index (χ4n) is 1.36. The molecule has 0 fully saturated rings. The normalized spacial score (nSPS) is 14.0. The van der Waals surface area contributed by atoms with Crippen LogP contribution < -0.4 is 5.73 Å². The van der Waals surface area contributed by atoms with Gasteiger partial charge in [-0.2, -0.15) is 0 Å². The molecule has 1 aromatic rings. The zero-order valence-electron chi connectivity index (χ0n) is 8.78. The summed E-state index contributed by atoms with van der Waals surface area (Å²) in [7, 11) is 0. The van der Waals surface area contributed by atoms with Crippen molar-refractivity contribution >= 4 is 11.9 Å². The number of aromatic nitrogens is 1. The number of carboxylic acid groups (broad SMARTS) is 1. The molecule has 0 aliphatic carbocycles. The fraction of sp³-hybridized carbons (Fsp3) is 0.300. The number of aliphatic hydroxyl groups excluding tert-OH is 2. The lowest BCUT2D eigenvalue weighted by Gasteiger charge is -2.17. The molecule has 0 aromatic carbocycles. The first-order valence-corrected chi connectivity index (χ1v) is 4.76. The molecular formula is C10H12N2O5. The number of hydrogen-bond donors (Lipinski definition) is 4. The number of aromatic carboxylic acids is 1. The number of pyridine rings is 1. The van der Waals surface area contributed by atoms with E-state index in [1.54, 1.807) is 0 Å². The molecule has 0 aliphatic rings. The van der Waals surface area contributed by atoms with Crippen molar-refractivity contribution in [2.75, 3.05) is 0 Å². The van der Waals surface area contributed by atoms with Gasteiger partial charge in [0, 0.05) is 11.8 Å². The third kappa shape index (κ3) is 3.23. The summed E-state index contributed by atoms with van der Waals surface area (Å²) in [6.45, 7) is 0. The number of nitrogens with zero attached hydrogens (tertiary/aromatic N) is 1. The van der Waals surface area contributed by atoms with Crippen LogP contribution in [0.1, 0.15) is 28.6 Å². The summed E-state index contributed by atoms with van der Waals surface area (Å²) < 4.78 is 0. The molecule has 0 radical (unpaired) electrons. The Morgan fingerprint density at radius 3 is 2.59 bits per heavy atom. The molecule has 7 heteroatoms. The summed E-state index contributed by atoms with van der Waals surface area (Å²) in [5.74, 6) is -2.12. The van der Waals surface area contributed by atoms with Gasteiger partial charge in [0.25, 0.3) is 0 Å². The van der Waals surface area contributed by atoms with Crippen LogP contribution in [0.3, 0.4) is 0 Å². The first kappa shape index (κ1) is 13.1. The Morgan fingerprint density at radius 2 is 2.06 bits per heavy atom. The average molecular weight is 240 g/mol. The highest BCUT2D eigenvalue weighted by molar-refractivity contribution is 5.87. The summed E-state index contributed by atoms with van der Waals surface area (Å²) in [4.78, 5) is 25.0. The average Bonchev–Trinajstić information content (AvgIpc) is 2.27. The number of amides is 1. The van der Waals surface area contributed by atoms with Crippen LogP contribution >= 0.6 is 0 Å². The van der Waals surface area contributed by atoms with Crippen LogP contribution in [0.25, 0.3) is 0 Å². The maximum Gasteiger partial charge on any atom is 0.354 e. The van der Waals surface area contributed by atoms with E-state index in [1.165, 1.54) is 18.3 Å². The van der Waals surface area contributed by atoms with E-state index in [-0.39, 0.29) is 11.3 Å². The summed E-state index contributed by atoms with van der Waals surface area (Å²) in [5, 5.41) is 28.0. The largest absolute Gasteiger partial charge is 0.477 e. The molecule has 1 amide bonds. The first-order valence-electron chi connectivity index (χ1n) is 4.76. The van der Waals surface area contributed by atoms with Crippen molar-refractivity contribution in [3.63, 3.8) is 0 Å². The SMILES string of the molecule is NC(=O)CC(O)C(O)c1cccnc1C(=O)O. The van der Waals surface area contributed by atoms with Crippen LogP contribution in [-0.2, 0) is 4.79 Å². The molecule has 1 rings (SSSR count). The zero-order valence-corrected chi connectivity index (χ0v) is 8.78. The Labute approximate surface area is 96.5 Å². The molecule has 2 unspecified atom stereocenters. The monoisotopic (exact) mass is 240 g/mol. The summed E-state index contributed by atoms with van der Waals surface area (Å²) in [6.07, 6.45) is -2.20. The highest BCUT2D eigenvalue weighted by atomic mass is 16.4. The van der Waals surface area contributed by atoms with E-state index in [9.17, 15) is 19.8 Å². The summed E-state index contributed by atoms with van der Waals surface area (Å²) >= 11 is 0. The van der Waals surface area contributed by atoms with Gasteiger partial charge in [-0.15, -0.1) is 0 Å². The number of carboxylic acids is 1. The minimum atomic E-state index is -1.53. The van der Waals surface area contributed by atoms with E-state index in [0.717, 1.165) is 0 Å². The van der Waals surface area contributed by atoms with E-state index >= 15 is 0 Å². The van der Waals surface area contributed by atoms with E-state index in [1.807, 2.05) is 0 Å². The van der Waals surface area contributed by atoms with Gasteiger partial charge in [0.1, 0.15) is 6.10 Å². The number of aliphatic hydroxyl groups is 2. The lowest BCUT2D eigenvalue weighted by Crippen LogP contribution is -2.27. The second-order valence-corrected chi connectivity index (χ2v) is 3.43. The first-order chi connectivity index (χ1) is 7.93. The molecule has 1 heterocycles. The third-order valence-electron chi connectivity index (χ3n) is 2.13. The molecule has 17 heavy (non-hydrogen) atoms. The van der Waals surface area contributed by atoms with Crippen molar-refractivity contribution in [3.8, 4) is 0 Å². The molecule has 92 valence electrons. The Kier molecular flexibility index (Phi) is 4.13. The highest BCUT2D eigenvalue weighted by Crippen LogP contribution is 2.21. The number of primary amides is 1. The second-order valence-electron chi connectivity index (χ2n) is 3.43. The van der Waals surface area contributed by atoms with Crippen LogP contribution in [0, 0.1) is 0 Å². The van der Waals surface area contributed by atoms with Gasteiger partial charge < -0.3 is 21.1 Å². The van der Waals surface area contributed by atoms with Gasteiger partial charge in [-0.1, -0.05) is 6.07 Å². The van der Waals surface area contributed by atoms with E-state index in [2.05, 4.69) is 4.98 Å². The number of carbonyl (C=O) groups excluding carboxylic acids is 1. The van der Waals surface area contributed by atoms with Crippen LogP contribution in [0.2, 0.25) is 0 Å². The van der Waals surface area contributed by atoms with Crippen molar-refractivity contribution in [1.82, 2.24) is 4.98 Å². The van der Waals surface area contributed by atoms with Crippen LogP contribution in [-0.4, -0.2) is 38.3 Å². The number of hydrogen-bond acceptors (Lipinski definition) is 5.